The first-order valence-corrected chi connectivity index (χ1v) is 10.3. The van der Waals surface area contributed by atoms with E-state index in [0.29, 0.717) is 55.2 Å². The molecule has 4 rings (SSSR count). The zero-order valence-corrected chi connectivity index (χ0v) is 17.8. The number of carbonyl (C=O) groups excluding carboxylic acids is 2. The standard InChI is InChI=1S/C21H25N7O3/c1-4-14-12-28-18(24-19(14)29)11-16(25-28)21(31)27-9-7-26(8-10-27)17-6-5-15(20(30)22-3)23-13(17)2/h5-6,11-12H,4,7-10H2,1-3H3,(H,22,30)(H,24,29). The molecule has 0 spiro atoms. The number of rotatable bonds is 4. The minimum Gasteiger partial charge on any atom is -0.367 e. The fourth-order valence-electron chi connectivity index (χ4n) is 3.80. The number of anilines is 1. The van der Waals surface area contributed by atoms with Gasteiger partial charge in [-0.25, -0.2) is 9.50 Å². The van der Waals surface area contributed by atoms with Crippen LogP contribution in [0.3, 0.4) is 0 Å². The molecule has 1 aliphatic heterocycles. The summed E-state index contributed by atoms with van der Waals surface area (Å²) in [7, 11) is 1.58. The highest BCUT2D eigenvalue weighted by Gasteiger charge is 2.25. The van der Waals surface area contributed by atoms with Gasteiger partial charge >= 0.3 is 0 Å². The van der Waals surface area contributed by atoms with Crippen LogP contribution in [0.2, 0.25) is 0 Å². The van der Waals surface area contributed by atoms with Crippen molar-refractivity contribution in [3.8, 4) is 0 Å². The summed E-state index contributed by atoms with van der Waals surface area (Å²) in [6.07, 6.45) is 2.26. The summed E-state index contributed by atoms with van der Waals surface area (Å²) < 4.78 is 1.55. The molecule has 3 aromatic rings. The molecule has 0 saturated carbocycles. The maximum atomic E-state index is 13.0. The summed E-state index contributed by atoms with van der Waals surface area (Å²) >= 11 is 0. The van der Waals surface area contributed by atoms with Gasteiger partial charge in [0, 0.05) is 51.1 Å². The van der Waals surface area contributed by atoms with Crippen molar-refractivity contribution < 1.29 is 9.59 Å². The van der Waals surface area contributed by atoms with Crippen molar-refractivity contribution in [2.75, 3.05) is 38.1 Å². The normalized spacial score (nSPS) is 14.2. The molecule has 2 N–H and O–H groups in total. The molecule has 31 heavy (non-hydrogen) atoms. The van der Waals surface area contributed by atoms with Crippen LogP contribution in [0.1, 0.15) is 39.2 Å². The predicted octanol–water partition coefficient (Wildman–Crippen LogP) is 0.610. The molecular formula is C21H25N7O3. The minimum absolute atomic E-state index is 0.158. The van der Waals surface area contributed by atoms with Gasteiger partial charge in [0.05, 0.1) is 11.4 Å². The van der Waals surface area contributed by atoms with Crippen molar-refractivity contribution in [3.63, 3.8) is 0 Å². The molecule has 1 fully saturated rings. The van der Waals surface area contributed by atoms with E-state index >= 15 is 0 Å². The highest BCUT2D eigenvalue weighted by molar-refractivity contribution is 5.93. The van der Waals surface area contributed by atoms with Crippen LogP contribution in [0.5, 0.6) is 0 Å². The number of nitrogens with zero attached hydrogens (tertiary/aromatic N) is 5. The summed E-state index contributed by atoms with van der Waals surface area (Å²) in [5, 5.41) is 6.93. The van der Waals surface area contributed by atoms with Crippen molar-refractivity contribution in [3.05, 3.63) is 57.4 Å². The third kappa shape index (κ3) is 3.88. The van der Waals surface area contributed by atoms with Gasteiger partial charge in [-0.1, -0.05) is 6.92 Å². The van der Waals surface area contributed by atoms with Crippen LogP contribution in [-0.4, -0.2) is 69.5 Å². The van der Waals surface area contributed by atoms with E-state index in [2.05, 4.69) is 25.3 Å². The zero-order valence-electron chi connectivity index (χ0n) is 17.8. The monoisotopic (exact) mass is 423 g/mol. The van der Waals surface area contributed by atoms with E-state index in [1.54, 1.807) is 34.8 Å². The Bertz CT molecular complexity index is 1210. The molecule has 1 saturated heterocycles. The average molecular weight is 423 g/mol. The van der Waals surface area contributed by atoms with E-state index in [4.69, 9.17) is 0 Å². The van der Waals surface area contributed by atoms with Crippen molar-refractivity contribution in [2.45, 2.75) is 20.3 Å². The molecule has 2 amide bonds. The van der Waals surface area contributed by atoms with E-state index in [0.717, 1.165) is 11.4 Å². The third-order valence-electron chi connectivity index (χ3n) is 5.57. The highest BCUT2D eigenvalue weighted by Crippen LogP contribution is 2.21. The largest absolute Gasteiger partial charge is 0.367 e. The average Bonchev–Trinajstić information content (AvgIpc) is 3.20. The van der Waals surface area contributed by atoms with E-state index in [1.165, 1.54) is 0 Å². The van der Waals surface area contributed by atoms with Gasteiger partial charge in [-0.15, -0.1) is 0 Å². The Morgan fingerprint density at radius 2 is 1.90 bits per heavy atom. The van der Waals surface area contributed by atoms with Gasteiger partial charge in [0.2, 0.25) is 0 Å². The number of piperazine rings is 1. The molecule has 0 bridgehead atoms. The number of amides is 2. The number of hydrogen-bond acceptors (Lipinski definition) is 6. The smallest absolute Gasteiger partial charge is 0.274 e. The number of carbonyl (C=O) groups is 2. The van der Waals surface area contributed by atoms with E-state index < -0.39 is 0 Å². The van der Waals surface area contributed by atoms with Gasteiger partial charge in [0.1, 0.15) is 11.3 Å². The first-order chi connectivity index (χ1) is 14.9. The van der Waals surface area contributed by atoms with Crippen LogP contribution in [0, 0.1) is 6.92 Å². The Morgan fingerprint density at radius 1 is 1.16 bits per heavy atom. The quantitative estimate of drug-likeness (QED) is 0.635. The summed E-state index contributed by atoms with van der Waals surface area (Å²) in [5.41, 5.74) is 3.39. The Kier molecular flexibility index (Phi) is 5.45. The fourth-order valence-corrected chi connectivity index (χ4v) is 3.80. The molecular weight excluding hydrogens is 398 g/mol. The fraction of sp³-hybridized carbons (Fsp3) is 0.381. The van der Waals surface area contributed by atoms with E-state index in [-0.39, 0.29) is 17.4 Å². The number of nitrogens with one attached hydrogen (secondary N) is 2. The van der Waals surface area contributed by atoms with Gasteiger partial charge in [-0.2, -0.15) is 5.10 Å². The number of aryl methyl sites for hydroxylation is 2. The molecule has 0 atom stereocenters. The summed E-state index contributed by atoms with van der Waals surface area (Å²) in [5.74, 6) is -0.378. The topological polar surface area (TPSA) is 116 Å². The first-order valence-electron chi connectivity index (χ1n) is 10.3. The van der Waals surface area contributed by atoms with Crippen molar-refractivity contribution >= 4 is 23.1 Å². The lowest BCUT2D eigenvalue weighted by molar-refractivity contribution is 0.0740. The lowest BCUT2D eigenvalue weighted by atomic mass is 10.2. The van der Waals surface area contributed by atoms with Gasteiger partial charge < -0.3 is 20.1 Å². The van der Waals surface area contributed by atoms with Crippen LogP contribution >= 0.6 is 0 Å². The SMILES string of the molecule is CCc1cn2nc(C(=O)N3CCN(c4ccc(C(=O)NC)nc4C)CC3)cc2[nH]c1=O. The molecule has 10 nitrogen and oxygen atoms in total. The van der Waals surface area contributed by atoms with Crippen LogP contribution in [0.15, 0.2) is 29.2 Å². The summed E-state index contributed by atoms with van der Waals surface area (Å²) in [6, 6.07) is 5.22. The second kappa shape index (κ2) is 8.21. The molecule has 10 heteroatoms. The van der Waals surface area contributed by atoms with Crippen molar-refractivity contribution in [2.24, 2.45) is 0 Å². The van der Waals surface area contributed by atoms with Crippen LogP contribution in [-0.2, 0) is 6.42 Å². The minimum atomic E-state index is -0.218. The number of fused-ring (bicyclic) bond motifs is 1. The second-order valence-corrected chi connectivity index (χ2v) is 7.48. The van der Waals surface area contributed by atoms with Gasteiger partial charge in [-0.3, -0.25) is 14.4 Å². The molecule has 0 aliphatic carbocycles. The highest BCUT2D eigenvalue weighted by atomic mass is 16.2. The maximum Gasteiger partial charge on any atom is 0.274 e. The molecule has 1 aliphatic rings. The molecule has 0 unspecified atom stereocenters. The number of pyridine rings is 1. The lowest BCUT2D eigenvalue weighted by Gasteiger charge is -2.36. The van der Waals surface area contributed by atoms with Crippen LogP contribution < -0.4 is 15.8 Å². The lowest BCUT2D eigenvalue weighted by Crippen LogP contribution is -2.49. The summed E-state index contributed by atoms with van der Waals surface area (Å²) in [6.45, 7) is 6.16. The van der Waals surface area contributed by atoms with E-state index in [9.17, 15) is 14.4 Å². The first kappa shape index (κ1) is 20.6. The van der Waals surface area contributed by atoms with Crippen molar-refractivity contribution in [1.29, 1.82) is 0 Å². The Labute approximate surface area is 178 Å². The molecule has 4 heterocycles. The Balaban J connectivity index is 1.46. The second-order valence-electron chi connectivity index (χ2n) is 7.48. The number of aromatic amines is 1. The van der Waals surface area contributed by atoms with Crippen LogP contribution in [0.4, 0.5) is 5.69 Å². The number of aromatic nitrogens is 4. The zero-order chi connectivity index (χ0) is 22.1. The number of H-pyrrole nitrogens is 1. The van der Waals surface area contributed by atoms with E-state index in [1.807, 2.05) is 19.9 Å². The number of hydrogen-bond donors (Lipinski definition) is 2. The Morgan fingerprint density at radius 3 is 2.55 bits per heavy atom. The molecule has 3 aromatic heterocycles. The van der Waals surface area contributed by atoms with Gasteiger partial charge in [0.15, 0.2) is 5.69 Å². The predicted molar refractivity (Wildman–Crippen MR) is 116 cm³/mol. The van der Waals surface area contributed by atoms with Crippen LogP contribution in [0.25, 0.3) is 5.65 Å². The molecule has 162 valence electrons. The van der Waals surface area contributed by atoms with Gasteiger partial charge in [0.25, 0.3) is 17.4 Å². The van der Waals surface area contributed by atoms with Gasteiger partial charge in [-0.05, 0) is 25.5 Å². The third-order valence-corrected chi connectivity index (χ3v) is 5.57. The van der Waals surface area contributed by atoms with Crippen molar-refractivity contribution in [1.82, 2.24) is 29.8 Å². The maximum absolute atomic E-state index is 13.0. The molecule has 0 aromatic carbocycles. The summed E-state index contributed by atoms with van der Waals surface area (Å²) in [4.78, 5) is 47.8. The molecule has 0 radical (unpaired) electrons. The Hall–Kier alpha value is -3.69.